The van der Waals surface area contributed by atoms with Gasteiger partial charge in [0.15, 0.2) is 0 Å². The van der Waals surface area contributed by atoms with Gasteiger partial charge in [-0.15, -0.1) is 0 Å². The molecule has 96 valence electrons. The zero-order chi connectivity index (χ0) is 13.4. The molecule has 0 heterocycles. The minimum atomic E-state index is -1.22. The summed E-state index contributed by atoms with van der Waals surface area (Å²) in [4.78, 5) is 32.2. The van der Waals surface area contributed by atoms with Crippen LogP contribution in [0, 0.1) is 0 Å². The second kappa shape index (κ2) is 7.26. The number of carbonyl (C=O) groups excluding carboxylic acids is 2. The van der Waals surface area contributed by atoms with E-state index in [9.17, 15) is 14.4 Å². The van der Waals surface area contributed by atoms with Gasteiger partial charge in [0, 0.05) is 13.3 Å². The highest BCUT2D eigenvalue weighted by Gasteiger charge is 2.21. The quantitative estimate of drug-likeness (QED) is 0.515. The Kier molecular flexibility index (Phi) is 6.39. The van der Waals surface area contributed by atoms with Crippen LogP contribution in [0.15, 0.2) is 12.2 Å². The molecular formula is C10H15NO6. The van der Waals surface area contributed by atoms with Crippen molar-refractivity contribution >= 4 is 18.0 Å². The smallest absolute Gasteiger partial charge is 0.407 e. The molecule has 0 bridgehead atoms. The Labute approximate surface area is 98.4 Å². The van der Waals surface area contributed by atoms with Crippen LogP contribution in [0.1, 0.15) is 13.3 Å². The molecule has 0 saturated carbocycles. The van der Waals surface area contributed by atoms with Gasteiger partial charge >= 0.3 is 18.0 Å². The van der Waals surface area contributed by atoms with Crippen LogP contribution in [0.5, 0.6) is 0 Å². The van der Waals surface area contributed by atoms with E-state index >= 15 is 0 Å². The first kappa shape index (κ1) is 14.9. The monoisotopic (exact) mass is 245 g/mol. The molecule has 0 aliphatic rings. The number of rotatable bonds is 6. The van der Waals surface area contributed by atoms with E-state index in [0.717, 1.165) is 7.11 Å². The summed E-state index contributed by atoms with van der Waals surface area (Å²) in [7, 11) is 1.13. The Morgan fingerprint density at radius 3 is 2.41 bits per heavy atom. The number of methoxy groups -OCH3 is 1. The number of carbonyl (C=O) groups is 3. The van der Waals surface area contributed by atoms with Crippen molar-refractivity contribution in [2.45, 2.75) is 19.4 Å². The number of aliphatic carboxylic acids is 1. The summed E-state index contributed by atoms with van der Waals surface area (Å²) in [6.07, 6.45) is -0.893. The molecule has 0 fully saturated rings. The van der Waals surface area contributed by atoms with E-state index < -0.39 is 24.1 Å². The van der Waals surface area contributed by atoms with Crippen molar-refractivity contribution in [3.8, 4) is 0 Å². The summed E-state index contributed by atoms with van der Waals surface area (Å²) in [6.45, 7) is 4.70. The van der Waals surface area contributed by atoms with Gasteiger partial charge in [0.1, 0.15) is 12.6 Å². The number of nitrogens with one attached hydrogen (secondary N) is 1. The Hall–Kier alpha value is -2.05. The lowest BCUT2D eigenvalue weighted by Gasteiger charge is -2.14. The third kappa shape index (κ3) is 6.93. The van der Waals surface area contributed by atoms with Crippen LogP contribution < -0.4 is 5.32 Å². The van der Waals surface area contributed by atoms with E-state index in [1.807, 2.05) is 0 Å². The normalized spacial score (nSPS) is 11.2. The molecule has 0 aliphatic carbocycles. The highest BCUT2D eigenvalue weighted by molar-refractivity contribution is 5.80. The third-order valence-corrected chi connectivity index (χ3v) is 1.75. The number of hydrogen-bond acceptors (Lipinski definition) is 5. The van der Waals surface area contributed by atoms with Gasteiger partial charge in [-0.2, -0.15) is 0 Å². The first-order valence-electron chi connectivity index (χ1n) is 4.74. The van der Waals surface area contributed by atoms with E-state index in [4.69, 9.17) is 5.11 Å². The molecule has 0 aromatic heterocycles. The highest BCUT2D eigenvalue weighted by Crippen LogP contribution is 2.05. The van der Waals surface area contributed by atoms with Gasteiger partial charge in [-0.1, -0.05) is 6.58 Å². The van der Waals surface area contributed by atoms with Crippen LogP contribution >= 0.6 is 0 Å². The van der Waals surface area contributed by atoms with Crippen molar-refractivity contribution < 1.29 is 29.0 Å². The predicted octanol–water partition coefficient (Wildman–Crippen LogP) is 0.305. The van der Waals surface area contributed by atoms with E-state index in [-0.39, 0.29) is 13.0 Å². The topological polar surface area (TPSA) is 102 Å². The number of carboxylic acid groups (broad SMARTS) is 1. The summed E-state index contributed by atoms with van der Waals surface area (Å²) < 4.78 is 8.92. The molecular weight excluding hydrogens is 230 g/mol. The summed E-state index contributed by atoms with van der Waals surface area (Å²) in [5.41, 5.74) is 0.379. The van der Waals surface area contributed by atoms with Gasteiger partial charge in [0.05, 0.1) is 7.11 Å². The molecule has 2 N–H and O–H groups in total. The van der Waals surface area contributed by atoms with Crippen molar-refractivity contribution in [3.63, 3.8) is 0 Å². The standard InChI is InChI=1S/C10H15NO6/c1-6(5-17-7(2)12)4-8(9(13)14)11-10(15)16-3/h8H,1,4-5H2,2-3H3,(H,11,15)(H,13,14)/t8-/m1/s1. The summed E-state index contributed by atoms with van der Waals surface area (Å²) >= 11 is 0. The minimum absolute atomic E-state index is 0.0439. The maximum absolute atomic E-state index is 10.9. The summed E-state index contributed by atoms with van der Waals surface area (Å²) in [5, 5.41) is 10.9. The highest BCUT2D eigenvalue weighted by atomic mass is 16.5. The van der Waals surface area contributed by atoms with E-state index in [0.29, 0.717) is 5.57 Å². The fourth-order valence-electron chi connectivity index (χ4n) is 0.953. The van der Waals surface area contributed by atoms with Gasteiger partial charge < -0.3 is 19.9 Å². The number of alkyl carbamates (subject to hydrolysis) is 1. The van der Waals surface area contributed by atoms with Gasteiger partial charge in [-0.05, 0) is 5.57 Å². The molecule has 0 unspecified atom stereocenters. The molecule has 1 amide bonds. The Morgan fingerprint density at radius 1 is 1.41 bits per heavy atom. The number of hydrogen-bond donors (Lipinski definition) is 2. The molecule has 0 spiro atoms. The summed E-state index contributed by atoms with van der Waals surface area (Å²) in [5.74, 6) is -1.71. The lowest BCUT2D eigenvalue weighted by atomic mass is 10.1. The van der Waals surface area contributed by atoms with Crippen molar-refractivity contribution in [1.82, 2.24) is 5.32 Å². The molecule has 7 heteroatoms. The molecule has 0 aliphatic heterocycles. The van der Waals surface area contributed by atoms with Gasteiger partial charge in [0.25, 0.3) is 0 Å². The average molecular weight is 245 g/mol. The van der Waals surface area contributed by atoms with Gasteiger partial charge in [-0.25, -0.2) is 9.59 Å². The summed E-state index contributed by atoms with van der Waals surface area (Å²) in [6, 6.07) is -1.16. The number of carboxylic acids is 1. The zero-order valence-electron chi connectivity index (χ0n) is 9.69. The van der Waals surface area contributed by atoms with Crippen LogP contribution in [-0.2, 0) is 19.1 Å². The Morgan fingerprint density at radius 2 is 2.00 bits per heavy atom. The first-order valence-corrected chi connectivity index (χ1v) is 4.74. The van der Waals surface area contributed by atoms with Gasteiger partial charge in [0.2, 0.25) is 0 Å². The van der Waals surface area contributed by atoms with Crippen LogP contribution in [0.4, 0.5) is 4.79 Å². The Balaban J connectivity index is 4.25. The fourth-order valence-corrected chi connectivity index (χ4v) is 0.953. The van der Waals surface area contributed by atoms with Crippen LogP contribution in [0.2, 0.25) is 0 Å². The van der Waals surface area contributed by atoms with Crippen molar-refractivity contribution in [2.24, 2.45) is 0 Å². The van der Waals surface area contributed by atoms with Crippen molar-refractivity contribution in [2.75, 3.05) is 13.7 Å². The fraction of sp³-hybridized carbons (Fsp3) is 0.500. The SMILES string of the molecule is C=C(COC(C)=O)C[C@@H](NC(=O)OC)C(=O)O. The number of amides is 1. The molecule has 17 heavy (non-hydrogen) atoms. The van der Waals surface area contributed by atoms with Crippen LogP contribution in [0.25, 0.3) is 0 Å². The van der Waals surface area contributed by atoms with Crippen LogP contribution in [-0.4, -0.2) is 42.9 Å². The maximum atomic E-state index is 10.9. The molecule has 0 saturated heterocycles. The lowest BCUT2D eigenvalue weighted by molar-refractivity contribution is -0.140. The zero-order valence-corrected chi connectivity index (χ0v) is 9.69. The average Bonchev–Trinajstić information content (AvgIpc) is 2.25. The number of ether oxygens (including phenoxy) is 2. The van der Waals surface area contributed by atoms with Crippen molar-refractivity contribution in [3.05, 3.63) is 12.2 Å². The maximum Gasteiger partial charge on any atom is 0.407 e. The van der Waals surface area contributed by atoms with Crippen LogP contribution in [0.3, 0.4) is 0 Å². The van der Waals surface area contributed by atoms with E-state index in [1.54, 1.807) is 0 Å². The minimum Gasteiger partial charge on any atom is -0.480 e. The molecule has 1 atom stereocenters. The molecule has 0 aromatic rings. The molecule has 7 nitrogen and oxygen atoms in total. The molecule has 0 radical (unpaired) electrons. The Bertz CT molecular complexity index is 325. The second-order valence-corrected chi connectivity index (χ2v) is 3.26. The van der Waals surface area contributed by atoms with Gasteiger partial charge in [-0.3, -0.25) is 4.79 Å². The largest absolute Gasteiger partial charge is 0.480 e. The first-order chi connectivity index (χ1) is 7.86. The van der Waals surface area contributed by atoms with E-state index in [2.05, 4.69) is 21.4 Å². The molecule has 0 rings (SSSR count). The van der Waals surface area contributed by atoms with Crippen molar-refractivity contribution in [1.29, 1.82) is 0 Å². The third-order valence-electron chi connectivity index (χ3n) is 1.75. The number of esters is 1. The van der Waals surface area contributed by atoms with E-state index in [1.165, 1.54) is 6.92 Å². The molecule has 0 aromatic carbocycles. The second-order valence-electron chi connectivity index (χ2n) is 3.26. The predicted molar refractivity (Wildman–Crippen MR) is 57.4 cm³/mol. The lowest BCUT2D eigenvalue weighted by Crippen LogP contribution is -2.41.